The highest BCUT2D eigenvalue weighted by atomic mass is 16.5. The molecule has 4 aliphatic heterocycles. The molecule has 2 aromatic carbocycles. The maximum atomic E-state index is 12.8. The smallest absolute Gasteiger partial charge is 0.409 e. The van der Waals surface area contributed by atoms with Gasteiger partial charge in [-0.1, -0.05) is 61.9 Å². The molecule has 2 aromatic rings. The Kier molecular flexibility index (Phi) is 12.2. The van der Waals surface area contributed by atoms with Crippen LogP contribution in [0.15, 0.2) is 48.5 Å². The van der Waals surface area contributed by atoms with Crippen LogP contribution < -0.4 is 5.32 Å². The molecular formula is C38H55N5O4. The zero-order chi connectivity index (χ0) is 33.3. The van der Waals surface area contributed by atoms with E-state index in [1.54, 1.807) is 4.90 Å². The van der Waals surface area contributed by atoms with Gasteiger partial charge >= 0.3 is 12.1 Å². The average molecular weight is 646 g/mol. The van der Waals surface area contributed by atoms with E-state index in [4.69, 9.17) is 4.74 Å². The molecule has 0 saturated carbocycles. The number of anilines is 1. The van der Waals surface area contributed by atoms with E-state index >= 15 is 0 Å². The molecule has 6 rings (SSSR count). The minimum atomic E-state index is -0.286. The quantitative estimate of drug-likeness (QED) is 0.419. The van der Waals surface area contributed by atoms with Crippen LogP contribution in [-0.2, 0) is 22.4 Å². The van der Waals surface area contributed by atoms with Gasteiger partial charge in [-0.3, -0.25) is 4.79 Å². The van der Waals surface area contributed by atoms with Crippen LogP contribution in [0.2, 0.25) is 0 Å². The average Bonchev–Trinajstić information content (AvgIpc) is 3.26. The molecular weight excluding hydrogens is 590 g/mol. The highest BCUT2D eigenvalue weighted by molar-refractivity contribution is 5.91. The molecule has 0 aromatic heterocycles. The van der Waals surface area contributed by atoms with Crippen molar-refractivity contribution in [2.24, 2.45) is 11.8 Å². The number of methoxy groups -OCH3 is 1. The lowest BCUT2D eigenvalue weighted by atomic mass is 9.94. The van der Waals surface area contributed by atoms with Gasteiger partial charge in [-0.2, -0.15) is 0 Å². The van der Waals surface area contributed by atoms with Crippen LogP contribution in [0.25, 0.3) is 0 Å². The van der Waals surface area contributed by atoms with Crippen LogP contribution in [0.4, 0.5) is 15.3 Å². The van der Waals surface area contributed by atoms with Gasteiger partial charge < -0.3 is 29.7 Å². The lowest BCUT2D eigenvalue weighted by Gasteiger charge is -2.41. The minimum absolute atomic E-state index is 0.0403. The summed E-state index contributed by atoms with van der Waals surface area (Å²) in [5.74, 6) is 1.31. The van der Waals surface area contributed by atoms with E-state index in [1.807, 2.05) is 23.1 Å². The summed E-state index contributed by atoms with van der Waals surface area (Å²) in [6.45, 7) is 12.9. The van der Waals surface area contributed by atoms with Crippen molar-refractivity contribution in [2.45, 2.75) is 84.2 Å². The number of benzene rings is 2. The van der Waals surface area contributed by atoms with Gasteiger partial charge in [0.15, 0.2) is 0 Å². The topological polar surface area (TPSA) is 85.4 Å². The molecule has 0 radical (unpaired) electrons. The van der Waals surface area contributed by atoms with Crippen LogP contribution in [-0.4, -0.2) is 103 Å². The van der Waals surface area contributed by atoms with Crippen LogP contribution in [0.1, 0.15) is 69.1 Å². The lowest BCUT2D eigenvalue weighted by Crippen LogP contribution is -2.50. The van der Waals surface area contributed by atoms with Gasteiger partial charge in [-0.15, -0.1) is 0 Å². The first-order valence-corrected chi connectivity index (χ1v) is 17.8. The predicted molar refractivity (Wildman–Crippen MR) is 186 cm³/mol. The Morgan fingerprint density at radius 3 is 2.19 bits per heavy atom. The molecule has 4 aliphatic rings. The van der Waals surface area contributed by atoms with Crippen LogP contribution in [0, 0.1) is 18.8 Å². The molecule has 3 saturated heterocycles. The van der Waals surface area contributed by atoms with Crippen molar-refractivity contribution >= 4 is 23.7 Å². The Bertz CT molecular complexity index is 1340. The summed E-state index contributed by atoms with van der Waals surface area (Å²) in [4.78, 5) is 45.2. The Hall–Kier alpha value is -3.59. The number of carbonyl (C=O) groups excluding carboxylic acids is 3. The van der Waals surface area contributed by atoms with E-state index in [0.29, 0.717) is 31.6 Å². The summed E-state index contributed by atoms with van der Waals surface area (Å²) >= 11 is 0. The third-order valence-corrected chi connectivity index (χ3v) is 10.6. The number of aryl methyl sites for hydroxylation is 1. The van der Waals surface area contributed by atoms with Gasteiger partial charge in [-0.25, -0.2) is 9.59 Å². The van der Waals surface area contributed by atoms with Crippen LogP contribution in [0.5, 0.6) is 0 Å². The zero-order valence-electron chi connectivity index (χ0n) is 29.0. The fraction of sp³-hybridized carbons (Fsp3) is 0.605. The number of nitrogens with zero attached hydrogens (tertiary/aromatic N) is 4. The second-order valence-corrected chi connectivity index (χ2v) is 14.1. The first kappa shape index (κ1) is 34.7. The van der Waals surface area contributed by atoms with Crippen molar-refractivity contribution < 1.29 is 19.1 Å². The Balaban J connectivity index is 0.000000186. The summed E-state index contributed by atoms with van der Waals surface area (Å²) in [7, 11) is 1.40. The molecule has 1 atom stereocenters. The Morgan fingerprint density at radius 2 is 1.51 bits per heavy atom. The van der Waals surface area contributed by atoms with Crippen molar-refractivity contribution in [1.29, 1.82) is 0 Å². The van der Waals surface area contributed by atoms with Gasteiger partial charge in [-0.05, 0) is 94.5 Å². The van der Waals surface area contributed by atoms with E-state index < -0.39 is 0 Å². The van der Waals surface area contributed by atoms with Gasteiger partial charge in [0.2, 0.25) is 5.91 Å². The highest BCUT2D eigenvalue weighted by Crippen LogP contribution is 2.26. The monoisotopic (exact) mass is 645 g/mol. The van der Waals surface area contributed by atoms with E-state index in [1.165, 1.54) is 49.7 Å². The second-order valence-electron chi connectivity index (χ2n) is 14.1. The fourth-order valence-corrected chi connectivity index (χ4v) is 7.66. The number of amides is 4. The number of hydrogen-bond acceptors (Lipinski definition) is 5. The minimum Gasteiger partial charge on any atom is -0.453 e. The molecule has 47 heavy (non-hydrogen) atoms. The number of fused-ring (bicyclic) bond motifs is 1. The molecule has 1 N–H and O–H groups in total. The zero-order valence-corrected chi connectivity index (χ0v) is 29.0. The van der Waals surface area contributed by atoms with Gasteiger partial charge in [0, 0.05) is 56.4 Å². The lowest BCUT2D eigenvalue weighted by molar-refractivity contribution is -0.136. The Labute approximate surface area is 281 Å². The van der Waals surface area contributed by atoms with Gasteiger partial charge in [0.25, 0.3) is 0 Å². The van der Waals surface area contributed by atoms with Crippen molar-refractivity contribution in [3.8, 4) is 0 Å². The summed E-state index contributed by atoms with van der Waals surface area (Å²) in [5.41, 5.74) is 4.62. The van der Waals surface area contributed by atoms with E-state index in [0.717, 1.165) is 63.2 Å². The first-order valence-electron chi connectivity index (χ1n) is 17.8. The second kappa shape index (κ2) is 16.5. The van der Waals surface area contributed by atoms with Crippen molar-refractivity contribution in [3.05, 3.63) is 65.2 Å². The van der Waals surface area contributed by atoms with Gasteiger partial charge in [0.1, 0.15) is 0 Å². The number of piperidine rings is 3. The summed E-state index contributed by atoms with van der Waals surface area (Å²) in [6.07, 6.45) is 7.98. The van der Waals surface area contributed by atoms with Crippen molar-refractivity contribution in [2.75, 3.05) is 58.2 Å². The largest absolute Gasteiger partial charge is 0.453 e. The maximum absolute atomic E-state index is 12.8. The highest BCUT2D eigenvalue weighted by Gasteiger charge is 2.32. The van der Waals surface area contributed by atoms with Gasteiger partial charge in [0.05, 0.1) is 7.11 Å². The molecule has 3 fully saturated rings. The third-order valence-electron chi connectivity index (χ3n) is 10.6. The van der Waals surface area contributed by atoms with Crippen molar-refractivity contribution in [3.63, 3.8) is 0 Å². The third kappa shape index (κ3) is 9.28. The number of carbonyl (C=O) groups is 3. The molecule has 256 valence electrons. The normalized spacial score (nSPS) is 20.8. The van der Waals surface area contributed by atoms with E-state index in [-0.39, 0.29) is 24.1 Å². The fourth-order valence-electron chi connectivity index (χ4n) is 7.66. The molecule has 4 amide bonds. The van der Waals surface area contributed by atoms with Crippen LogP contribution >= 0.6 is 0 Å². The van der Waals surface area contributed by atoms with Crippen molar-refractivity contribution in [1.82, 2.24) is 19.6 Å². The number of rotatable bonds is 5. The number of nitrogens with one attached hydrogen (secondary N) is 1. The number of likely N-dealkylation sites (tertiary alicyclic amines) is 3. The molecule has 0 aliphatic carbocycles. The number of urea groups is 1. The molecule has 0 bridgehead atoms. The Morgan fingerprint density at radius 1 is 0.851 bits per heavy atom. The van der Waals surface area contributed by atoms with E-state index in [9.17, 15) is 14.4 Å². The number of ether oxygens (including phenoxy) is 1. The summed E-state index contributed by atoms with van der Waals surface area (Å²) < 4.78 is 4.75. The molecule has 9 heteroatoms. The standard InChI is InChI=1S/C22H34N2O.C16H21N3O3/c1-17-7-11-23(12-8-17)21-9-13-24(14-10-21)22(25)19(3)16-20-6-4-5-18(2)15-20;1-22-16(21)18-9-7-13(8-10-18)19-11-6-12-4-2-3-5-14(12)17-15(19)20/h4-6,15,17,19,21H,7-14,16H2,1-3H3;2-5,13H,6-11H2,1H3,(H,17,20)/t19-;/m1./s1. The first-order chi connectivity index (χ1) is 22.7. The summed E-state index contributed by atoms with van der Waals surface area (Å²) in [5, 5.41) is 3.00. The molecule has 0 unspecified atom stereocenters. The van der Waals surface area contributed by atoms with Crippen LogP contribution in [0.3, 0.4) is 0 Å². The molecule has 0 spiro atoms. The maximum Gasteiger partial charge on any atom is 0.409 e. The van der Waals surface area contributed by atoms with E-state index in [2.05, 4.69) is 66.2 Å². The SMILES string of the molecule is COC(=O)N1CCC(N2CCc3ccccc3NC2=O)CC1.Cc1cccc(C[C@@H](C)C(=O)N2CCC(N3CCC(C)CC3)CC2)c1. The predicted octanol–water partition coefficient (Wildman–Crippen LogP) is 6.20. The summed E-state index contributed by atoms with van der Waals surface area (Å²) in [6, 6.07) is 17.3. The number of hydrogen-bond donors (Lipinski definition) is 1. The molecule has 9 nitrogen and oxygen atoms in total. The number of para-hydroxylation sites is 1. The molecule has 4 heterocycles.